The third kappa shape index (κ3) is 3.25. The predicted octanol–water partition coefficient (Wildman–Crippen LogP) is 2.17. The van der Waals surface area contributed by atoms with Crippen molar-refractivity contribution in [2.75, 3.05) is 6.61 Å². The molecule has 84 valence electrons. The smallest absolute Gasteiger partial charge is 0.0582 e. The zero-order valence-electron chi connectivity index (χ0n) is 9.79. The number of aliphatic hydroxyl groups excluding tert-OH is 1. The van der Waals surface area contributed by atoms with Crippen LogP contribution in [0.2, 0.25) is 0 Å². The fraction of sp³-hybridized carbons (Fsp3) is 1.00. The van der Waals surface area contributed by atoms with E-state index in [4.69, 9.17) is 5.11 Å². The van der Waals surface area contributed by atoms with Crippen LogP contribution in [0.3, 0.4) is 0 Å². The number of hydrogen-bond donors (Lipinski definition) is 2. The summed E-state index contributed by atoms with van der Waals surface area (Å²) in [6.07, 6.45) is 5.37. The van der Waals surface area contributed by atoms with Gasteiger partial charge in [-0.3, -0.25) is 0 Å². The minimum Gasteiger partial charge on any atom is -0.395 e. The summed E-state index contributed by atoms with van der Waals surface area (Å²) in [5, 5.41) is 12.6. The molecule has 1 fully saturated rings. The molecule has 0 spiro atoms. The largest absolute Gasteiger partial charge is 0.395 e. The molecule has 0 bridgehead atoms. The molecule has 1 saturated carbocycles. The van der Waals surface area contributed by atoms with Gasteiger partial charge < -0.3 is 10.4 Å². The molecule has 0 amide bonds. The van der Waals surface area contributed by atoms with Gasteiger partial charge in [0.05, 0.1) is 6.61 Å². The maximum Gasteiger partial charge on any atom is 0.0582 e. The first-order valence-corrected chi connectivity index (χ1v) is 6.02. The van der Waals surface area contributed by atoms with Gasteiger partial charge in [0.15, 0.2) is 0 Å². The van der Waals surface area contributed by atoms with E-state index in [1.54, 1.807) is 0 Å². The van der Waals surface area contributed by atoms with Crippen molar-refractivity contribution in [3.05, 3.63) is 0 Å². The second-order valence-electron chi connectivity index (χ2n) is 5.05. The highest BCUT2D eigenvalue weighted by Gasteiger charge is 2.27. The summed E-state index contributed by atoms with van der Waals surface area (Å²) in [5.74, 6) is 1.57. The van der Waals surface area contributed by atoms with Crippen molar-refractivity contribution in [3.8, 4) is 0 Å². The summed E-state index contributed by atoms with van der Waals surface area (Å²) in [6.45, 7) is 6.94. The van der Waals surface area contributed by atoms with Crippen LogP contribution in [0.1, 0.15) is 46.5 Å². The third-order valence-corrected chi connectivity index (χ3v) is 3.45. The van der Waals surface area contributed by atoms with Crippen LogP contribution in [0, 0.1) is 11.8 Å². The van der Waals surface area contributed by atoms with Crippen LogP contribution in [0.25, 0.3) is 0 Å². The maximum atomic E-state index is 9.03. The molecule has 1 aliphatic rings. The average Bonchev–Trinajstić information content (AvgIpc) is 2.18. The summed E-state index contributed by atoms with van der Waals surface area (Å²) in [7, 11) is 0. The third-order valence-electron chi connectivity index (χ3n) is 3.45. The van der Waals surface area contributed by atoms with Crippen LogP contribution in [0.15, 0.2) is 0 Å². The molecule has 0 aromatic heterocycles. The second-order valence-corrected chi connectivity index (χ2v) is 5.05. The molecule has 14 heavy (non-hydrogen) atoms. The first-order valence-electron chi connectivity index (χ1n) is 6.02. The molecule has 0 aliphatic heterocycles. The van der Waals surface area contributed by atoms with Gasteiger partial charge in [0.2, 0.25) is 0 Å². The molecule has 3 atom stereocenters. The van der Waals surface area contributed by atoms with Crippen molar-refractivity contribution in [2.45, 2.75) is 58.5 Å². The monoisotopic (exact) mass is 199 g/mol. The van der Waals surface area contributed by atoms with Crippen LogP contribution in [0.4, 0.5) is 0 Å². The summed E-state index contributed by atoms with van der Waals surface area (Å²) >= 11 is 0. The Bertz CT molecular complexity index is 158. The van der Waals surface area contributed by atoms with E-state index in [0.717, 1.165) is 11.8 Å². The molecule has 0 aromatic rings. The Hall–Kier alpha value is -0.0800. The Labute approximate surface area is 88.1 Å². The first-order chi connectivity index (χ1) is 6.65. The number of nitrogens with one attached hydrogen (secondary N) is 1. The highest BCUT2D eigenvalue weighted by atomic mass is 16.3. The van der Waals surface area contributed by atoms with Crippen molar-refractivity contribution in [2.24, 2.45) is 11.8 Å². The molecule has 2 N–H and O–H groups in total. The van der Waals surface area contributed by atoms with Crippen molar-refractivity contribution in [3.63, 3.8) is 0 Å². The molecule has 0 heterocycles. The summed E-state index contributed by atoms with van der Waals surface area (Å²) in [4.78, 5) is 0. The van der Waals surface area contributed by atoms with Gasteiger partial charge in [0.1, 0.15) is 0 Å². The number of hydrogen-bond acceptors (Lipinski definition) is 2. The van der Waals surface area contributed by atoms with Gasteiger partial charge in [0, 0.05) is 12.1 Å². The lowest BCUT2D eigenvalue weighted by Gasteiger charge is -2.36. The lowest BCUT2D eigenvalue weighted by atomic mass is 9.77. The minimum atomic E-state index is 0.249. The highest BCUT2D eigenvalue weighted by molar-refractivity contribution is 4.84. The van der Waals surface area contributed by atoms with Crippen LogP contribution >= 0.6 is 0 Å². The Kier molecular flexibility index (Phi) is 4.90. The van der Waals surface area contributed by atoms with Crippen LogP contribution in [0.5, 0.6) is 0 Å². The lowest BCUT2D eigenvalue weighted by molar-refractivity contribution is 0.168. The van der Waals surface area contributed by atoms with E-state index in [9.17, 15) is 0 Å². The van der Waals surface area contributed by atoms with E-state index >= 15 is 0 Å². The fourth-order valence-corrected chi connectivity index (χ4v) is 2.58. The topological polar surface area (TPSA) is 32.3 Å². The first kappa shape index (κ1) is 12.0. The zero-order valence-corrected chi connectivity index (χ0v) is 9.79. The molecule has 1 rings (SSSR count). The molecule has 1 aliphatic carbocycles. The maximum absolute atomic E-state index is 9.03. The van der Waals surface area contributed by atoms with Crippen LogP contribution in [-0.2, 0) is 0 Å². The summed E-state index contributed by atoms with van der Waals surface area (Å²) < 4.78 is 0. The highest BCUT2D eigenvalue weighted by Crippen LogP contribution is 2.30. The second kappa shape index (κ2) is 5.72. The van der Waals surface area contributed by atoms with Crippen molar-refractivity contribution in [1.82, 2.24) is 5.32 Å². The molecule has 2 nitrogen and oxygen atoms in total. The summed E-state index contributed by atoms with van der Waals surface area (Å²) in [6, 6.07) is 0.880. The quantitative estimate of drug-likeness (QED) is 0.727. The Morgan fingerprint density at radius 1 is 1.21 bits per heavy atom. The molecule has 0 saturated heterocycles. The van der Waals surface area contributed by atoms with Gasteiger partial charge in [-0.1, -0.05) is 26.7 Å². The molecule has 0 aromatic carbocycles. The zero-order chi connectivity index (χ0) is 10.6. The van der Waals surface area contributed by atoms with E-state index in [2.05, 4.69) is 26.1 Å². The predicted molar refractivity (Wildman–Crippen MR) is 60.3 cm³/mol. The lowest BCUT2D eigenvalue weighted by Crippen LogP contribution is -2.46. The van der Waals surface area contributed by atoms with E-state index in [1.807, 2.05) is 0 Å². The van der Waals surface area contributed by atoms with Gasteiger partial charge in [-0.05, 0) is 31.6 Å². The van der Waals surface area contributed by atoms with E-state index in [1.165, 1.54) is 25.7 Å². The van der Waals surface area contributed by atoms with E-state index < -0.39 is 0 Å². The molecule has 0 radical (unpaired) electrons. The van der Waals surface area contributed by atoms with E-state index in [0.29, 0.717) is 6.04 Å². The van der Waals surface area contributed by atoms with Gasteiger partial charge in [0.25, 0.3) is 0 Å². The standard InChI is InChI=1S/C12H25NO/c1-9(2)11-6-4-5-7-12(11)13-10(3)8-14/h9-14H,4-8H2,1-3H3/t10-,11?,12?/m1/s1. The fourth-order valence-electron chi connectivity index (χ4n) is 2.58. The van der Waals surface area contributed by atoms with Crippen molar-refractivity contribution in [1.29, 1.82) is 0 Å². The number of rotatable bonds is 4. The van der Waals surface area contributed by atoms with E-state index in [-0.39, 0.29) is 12.6 Å². The van der Waals surface area contributed by atoms with Gasteiger partial charge in [-0.15, -0.1) is 0 Å². The average molecular weight is 199 g/mol. The van der Waals surface area contributed by atoms with Crippen LogP contribution < -0.4 is 5.32 Å². The van der Waals surface area contributed by atoms with Crippen molar-refractivity contribution < 1.29 is 5.11 Å². The summed E-state index contributed by atoms with van der Waals surface area (Å²) in [5.41, 5.74) is 0. The molecule has 2 unspecified atom stereocenters. The van der Waals surface area contributed by atoms with Gasteiger partial charge in [-0.25, -0.2) is 0 Å². The Morgan fingerprint density at radius 3 is 2.43 bits per heavy atom. The van der Waals surface area contributed by atoms with Gasteiger partial charge in [-0.2, -0.15) is 0 Å². The molecular weight excluding hydrogens is 174 g/mol. The Morgan fingerprint density at radius 2 is 1.86 bits per heavy atom. The molecule has 2 heteroatoms. The SMILES string of the molecule is CC(C)C1CCCCC1N[C@H](C)CO. The molecular formula is C12H25NO. The minimum absolute atomic E-state index is 0.249. The van der Waals surface area contributed by atoms with Crippen LogP contribution in [-0.4, -0.2) is 23.8 Å². The van der Waals surface area contributed by atoms with Crippen molar-refractivity contribution >= 4 is 0 Å². The normalized spacial score (nSPS) is 30.6. The number of aliphatic hydroxyl groups is 1. The van der Waals surface area contributed by atoms with Gasteiger partial charge >= 0.3 is 0 Å². The Balaban J connectivity index is 2.45.